The van der Waals surface area contributed by atoms with Gasteiger partial charge in [0.1, 0.15) is 13.2 Å². The predicted molar refractivity (Wildman–Crippen MR) is 106 cm³/mol. The van der Waals surface area contributed by atoms with Gasteiger partial charge in [0.25, 0.3) is 0 Å². The summed E-state index contributed by atoms with van der Waals surface area (Å²) in [5.41, 5.74) is 4.57. The molecule has 2 N–H and O–H groups in total. The molecule has 0 bridgehead atoms. The zero-order valence-electron chi connectivity index (χ0n) is 14.6. The molecule has 1 heterocycles. The van der Waals surface area contributed by atoms with Crippen LogP contribution in [0.1, 0.15) is 17.0 Å². The van der Waals surface area contributed by atoms with Crippen LogP contribution in [0.25, 0.3) is 11.1 Å². The molecule has 7 nitrogen and oxygen atoms in total. The molecular formula is C20H16BrN3O4. The first-order valence-corrected chi connectivity index (χ1v) is 9.39. The SMILES string of the molecule is O=C(O)Cn1cc(Br)c(NC(=O)OCC2c3ccccc3-c3ccccc32)n1. The number of hydrogen-bond donors (Lipinski definition) is 2. The van der Waals surface area contributed by atoms with Crippen molar-refractivity contribution in [3.8, 4) is 11.1 Å². The summed E-state index contributed by atoms with van der Waals surface area (Å²) in [4.78, 5) is 23.0. The van der Waals surface area contributed by atoms with Crippen molar-refractivity contribution >= 4 is 33.8 Å². The summed E-state index contributed by atoms with van der Waals surface area (Å²) >= 11 is 3.25. The second-order valence-electron chi connectivity index (χ2n) is 6.37. The molecule has 1 amide bonds. The fraction of sp³-hybridized carbons (Fsp3) is 0.150. The number of amides is 1. The van der Waals surface area contributed by atoms with Crippen LogP contribution in [0.15, 0.2) is 59.2 Å². The molecule has 0 atom stereocenters. The van der Waals surface area contributed by atoms with Crippen molar-refractivity contribution in [2.45, 2.75) is 12.5 Å². The summed E-state index contributed by atoms with van der Waals surface area (Å²) in [5, 5.41) is 15.4. The molecule has 3 aromatic rings. The van der Waals surface area contributed by atoms with E-state index in [0.29, 0.717) is 4.47 Å². The van der Waals surface area contributed by atoms with Gasteiger partial charge in [0.2, 0.25) is 0 Å². The van der Waals surface area contributed by atoms with Crippen LogP contribution in [-0.2, 0) is 16.1 Å². The third-order valence-corrected chi connectivity index (χ3v) is 5.16. The first-order valence-electron chi connectivity index (χ1n) is 8.59. The largest absolute Gasteiger partial charge is 0.480 e. The number of ether oxygens (including phenoxy) is 1. The third kappa shape index (κ3) is 3.50. The number of carbonyl (C=O) groups excluding carboxylic acids is 1. The molecule has 28 heavy (non-hydrogen) atoms. The molecule has 0 radical (unpaired) electrons. The summed E-state index contributed by atoms with van der Waals surface area (Å²) in [6.07, 6.45) is 0.829. The molecule has 0 aliphatic heterocycles. The lowest BCUT2D eigenvalue weighted by Crippen LogP contribution is -2.18. The molecule has 0 saturated carbocycles. The van der Waals surface area contributed by atoms with Crippen LogP contribution in [0.5, 0.6) is 0 Å². The highest BCUT2D eigenvalue weighted by molar-refractivity contribution is 9.10. The van der Waals surface area contributed by atoms with E-state index in [-0.39, 0.29) is 24.9 Å². The Morgan fingerprint density at radius 2 is 1.71 bits per heavy atom. The maximum absolute atomic E-state index is 12.3. The lowest BCUT2D eigenvalue weighted by molar-refractivity contribution is -0.137. The maximum atomic E-state index is 12.3. The molecule has 2 aromatic carbocycles. The third-order valence-electron chi connectivity index (χ3n) is 4.58. The van der Waals surface area contributed by atoms with E-state index in [2.05, 4.69) is 38.5 Å². The van der Waals surface area contributed by atoms with Crippen LogP contribution in [0.3, 0.4) is 0 Å². The highest BCUT2D eigenvalue weighted by atomic mass is 79.9. The minimum Gasteiger partial charge on any atom is -0.480 e. The average Bonchev–Trinajstić information content (AvgIpc) is 3.17. The van der Waals surface area contributed by atoms with Crippen molar-refractivity contribution < 1.29 is 19.4 Å². The van der Waals surface area contributed by atoms with E-state index in [9.17, 15) is 9.59 Å². The molecule has 142 valence electrons. The van der Waals surface area contributed by atoms with E-state index in [0.717, 1.165) is 22.3 Å². The highest BCUT2D eigenvalue weighted by Crippen LogP contribution is 2.44. The van der Waals surface area contributed by atoms with Crippen LogP contribution in [0.2, 0.25) is 0 Å². The Morgan fingerprint density at radius 1 is 1.11 bits per heavy atom. The molecule has 0 fully saturated rings. The van der Waals surface area contributed by atoms with Crippen molar-refractivity contribution in [1.82, 2.24) is 9.78 Å². The van der Waals surface area contributed by atoms with Crippen molar-refractivity contribution in [2.75, 3.05) is 11.9 Å². The number of hydrogen-bond acceptors (Lipinski definition) is 4. The monoisotopic (exact) mass is 441 g/mol. The van der Waals surface area contributed by atoms with Crippen LogP contribution >= 0.6 is 15.9 Å². The summed E-state index contributed by atoms with van der Waals surface area (Å²) in [7, 11) is 0. The molecule has 1 aromatic heterocycles. The van der Waals surface area contributed by atoms with Gasteiger partial charge in [-0.05, 0) is 38.2 Å². The van der Waals surface area contributed by atoms with Gasteiger partial charge in [-0.2, -0.15) is 5.10 Å². The van der Waals surface area contributed by atoms with Crippen LogP contribution < -0.4 is 5.32 Å². The van der Waals surface area contributed by atoms with Gasteiger partial charge in [-0.25, -0.2) is 4.79 Å². The number of benzene rings is 2. The molecule has 0 spiro atoms. The van der Waals surface area contributed by atoms with Gasteiger partial charge in [-0.15, -0.1) is 0 Å². The van der Waals surface area contributed by atoms with E-state index in [1.807, 2.05) is 36.4 Å². The normalized spacial score (nSPS) is 12.3. The predicted octanol–water partition coefficient (Wildman–Crippen LogP) is 4.09. The minimum atomic E-state index is -1.03. The fourth-order valence-electron chi connectivity index (χ4n) is 3.43. The Morgan fingerprint density at radius 3 is 2.32 bits per heavy atom. The number of aromatic nitrogens is 2. The Bertz CT molecular complexity index is 1020. The Balaban J connectivity index is 1.46. The van der Waals surface area contributed by atoms with Gasteiger partial charge >= 0.3 is 12.1 Å². The zero-order chi connectivity index (χ0) is 19.7. The van der Waals surface area contributed by atoms with Gasteiger partial charge in [-0.3, -0.25) is 14.8 Å². The van der Waals surface area contributed by atoms with Crippen LogP contribution in [0, 0.1) is 0 Å². The molecule has 0 unspecified atom stereocenters. The summed E-state index contributed by atoms with van der Waals surface area (Å²) < 4.78 is 7.14. The summed E-state index contributed by atoms with van der Waals surface area (Å²) in [6, 6.07) is 16.2. The van der Waals surface area contributed by atoms with Gasteiger partial charge < -0.3 is 9.84 Å². The first kappa shape index (κ1) is 18.2. The molecule has 8 heteroatoms. The number of rotatable bonds is 5. The smallest absolute Gasteiger partial charge is 0.412 e. The molecular weight excluding hydrogens is 426 g/mol. The number of aliphatic carboxylic acids is 1. The number of halogens is 1. The Hall–Kier alpha value is -3.13. The quantitative estimate of drug-likeness (QED) is 0.621. The van der Waals surface area contributed by atoms with E-state index in [1.165, 1.54) is 10.9 Å². The fourth-order valence-corrected chi connectivity index (χ4v) is 3.85. The number of carboxylic acids is 1. The Kier molecular flexibility index (Phi) is 4.87. The van der Waals surface area contributed by atoms with Gasteiger partial charge in [0.15, 0.2) is 5.82 Å². The van der Waals surface area contributed by atoms with E-state index >= 15 is 0 Å². The first-order chi connectivity index (χ1) is 13.5. The summed E-state index contributed by atoms with van der Waals surface area (Å²) in [6.45, 7) is -0.113. The Labute approximate surface area is 169 Å². The van der Waals surface area contributed by atoms with E-state index in [1.54, 1.807) is 0 Å². The lowest BCUT2D eigenvalue weighted by Gasteiger charge is -2.14. The van der Waals surface area contributed by atoms with Gasteiger partial charge in [-0.1, -0.05) is 48.5 Å². The van der Waals surface area contributed by atoms with E-state index in [4.69, 9.17) is 9.84 Å². The minimum absolute atomic E-state index is 0.0360. The molecule has 1 aliphatic rings. The second-order valence-corrected chi connectivity index (χ2v) is 7.22. The molecule has 1 aliphatic carbocycles. The zero-order valence-corrected chi connectivity index (χ0v) is 16.2. The van der Waals surface area contributed by atoms with Crippen LogP contribution in [0.4, 0.5) is 10.6 Å². The number of nitrogens with one attached hydrogen (secondary N) is 1. The van der Waals surface area contributed by atoms with E-state index < -0.39 is 12.1 Å². The van der Waals surface area contributed by atoms with Gasteiger partial charge in [0, 0.05) is 12.1 Å². The summed E-state index contributed by atoms with van der Waals surface area (Å²) in [5.74, 6) is -0.854. The van der Waals surface area contributed by atoms with Gasteiger partial charge in [0.05, 0.1) is 4.47 Å². The van der Waals surface area contributed by atoms with Crippen molar-refractivity contribution in [3.63, 3.8) is 0 Å². The number of carboxylic acid groups (broad SMARTS) is 1. The average molecular weight is 442 g/mol. The standard InChI is InChI=1S/C20H16BrN3O4/c21-17-9-24(10-18(25)26)23-19(17)22-20(27)28-11-16-14-7-3-1-5-12(14)13-6-2-4-8-15(13)16/h1-9,16H,10-11H2,(H,25,26)(H,22,23,27). The number of carbonyl (C=O) groups is 2. The topological polar surface area (TPSA) is 93.5 Å². The molecule has 4 rings (SSSR count). The number of anilines is 1. The maximum Gasteiger partial charge on any atom is 0.412 e. The highest BCUT2D eigenvalue weighted by Gasteiger charge is 2.29. The van der Waals surface area contributed by atoms with Crippen molar-refractivity contribution in [3.05, 3.63) is 70.3 Å². The lowest BCUT2D eigenvalue weighted by atomic mass is 9.98. The van der Waals surface area contributed by atoms with Crippen LogP contribution in [-0.4, -0.2) is 33.6 Å². The second kappa shape index (κ2) is 7.47. The molecule has 0 saturated heterocycles. The van der Waals surface area contributed by atoms with Crippen molar-refractivity contribution in [2.24, 2.45) is 0 Å². The number of fused-ring (bicyclic) bond motifs is 3. The number of nitrogens with zero attached hydrogens (tertiary/aromatic N) is 2. The van der Waals surface area contributed by atoms with Crippen molar-refractivity contribution in [1.29, 1.82) is 0 Å².